The van der Waals surface area contributed by atoms with Gasteiger partial charge in [-0.05, 0) is 60.0 Å². The maximum atomic E-state index is 13.2. The summed E-state index contributed by atoms with van der Waals surface area (Å²) in [4.78, 5) is 12.5. The molecule has 1 heterocycles. The van der Waals surface area contributed by atoms with Crippen LogP contribution in [0.5, 0.6) is 0 Å². The van der Waals surface area contributed by atoms with Crippen LogP contribution in [0, 0.1) is 11.3 Å². The number of rotatable bonds is 5. The third-order valence-electron chi connectivity index (χ3n) is 5.16. The van der Waals surface area contributed by atoms with Crippen molar-refractivity contribution in [3.8, 4) is 6.07 Å². The number of carbonyl (C=O) groups is 1. The highest BCUT2D eigenvalue weighted by atomic mass is 35.5. The summed E-state index contributed by atoms with van der Waals surface area (Å²) in [6, 6.07) is 15.1. The summed E-state index contributed by atoms with van der Waals surface area (Å²) in [5.74, 6) is -0.518. The first-order chi connectivity index (χ1) is 14.9. The molecule has 1 aliphatic carbocycles. The van der Waals surface area contributed by atoms with Crippen molar-refractivity contribution in [2.24, 2.45) is 0 Å². The third kappa shape index (κ3) is 4.50. The molecule has 6 nitrogen and oxygen atoms in total. The molecular formula is C22H18ClN3O3S2. The molecule has 1 aromatic heterocycles. The number of carbonyl (C=O) groups excluding carboxylic acids is 1. The minimum atomic E-state index is -3.98. The normalized spacial score (nSPS) is 15.7. The van der Waals surface area contributed by atoms with Gasteiger partial charge in [0.2, 0.25) is 10.0 Å². The Labute approximate surface area is 189 Å². The van der Waals surface area contributed by atoms with E-state index in [0.29, 0.717) is 17.0 Å². The van der Waals surface area contributed by atoms with Gasteiger partial charge < -0.3 is 5.32 Å². The van der Waals surface area contributed by atoms with Gasteiger partial charge in [-0.1, -0.05) is 35.9 Å². The van der Waals surface area contributed by atoms with Gasteiger partial charge in [0.25, 0.3) is 5.91 Å². The summed E-state index contributed by atoms with van der Waals surface area (Å²) >= 11 is 7.42. The number of halogens is 1. The number of hydrogen-bond donors (Lipinski definition) is 2. The number of amides is 1. The van der Waals surface area contributed by atoms with E-state index in [-0.39, 0.29) is 21.5 Å². The van der Waals surface area contributed by atoms with E-state index < -0.39 is 15.9 Å². The van der Waals surface area contributed by atoms with E-state index in [9.17, 15) is 13.2 Å². The zero-order valence-electron chi connectivity index (χ0n) is 16.3. The van der Waals surface area contributed by atoms with Gasteiger partial charge in [0.15, 0.2) is 0 Å². The number of benzene rings is 2. The lowest BCUT2D eigenvalue weighted by Crippen LogP contribution is -2.31. The molecule has 2 aromatic carbocycles. The molecule has 3 aromatic rings. The summed E-state index contributed by atoms with van der Waals surface area (Å²) < 4.78 is 29.1. The number of sulfonamides is 1. The van der Waals surface area contributed by atoms with Crippen LogP contribution in [0.15, 0.2) is 58.8 Å². The van der Waals surface area contributed by atoms with Crippen LogP contribution >= 0.6 is 22.9 Å². The molecule has 158 valence electrons. The van der Waals surface area contributed by atoms with Gasteiger partial charge in [-0.25, -0.2) is 13.1 Å². The second-order valence-corrected chi connectivity index (χ2v) is 10.1. The van der Waals surface area contributed by atoms with Crippen molar-refractivity contribution in [3.05, 3.63) is 81.2 Å². The Morgan fingerprint density at radius 1 is 1.19 bits per heavy atom. The number of anilines is 1. The van der Waals surface area contributed by atoms with E-state index in [1.54, 1.807) is 11.4 Å². The van der Waals surface area contributed by atoms with E-state index in [2.05, 4.69) is 10.0 Å². The second-order valence-electron chi connectivity index (χ2n) is 7.14. The average molecular weight is 472 g/mol. The molecule has 31 heavy (non-hydrogen) atoms. The highest BCUT2D eigenvalue weighted by Crippen LogP contribution is 2.32. The molecule has 0 bridgehead atoms. The Morgan fingerprint density at radius 2 is 2.00 bits per heavy atom. The molecule has 0 saturated heterocycles. The summed E-state index contributed by atoms with van der Waals surface area (Å²) in [5, 5.41) is 13.9. The number of nitrogens with zero attached hydrogens (tertiary/aromatic N) is 1. The van der Waals surface area contributed by atoms with E-state index in [1.807, 2.05) is 30.3 Å². The van der Waals surface area contributed by atoms with E-state index in [4.69, 9.17) is 16.9 Å². The summed E-state index contributed by atoms with van der Waals surface area (Å²) in [6.07, 6.45) is 2.48. The van der Waals surface area contributed by atoms with Crippen LogP contribution in [0.25, 0.3) is 0 Å². The van der Waals surface area contributed by atoms with Crippen molar-refractivity contribution in [1.29, 1.82) is 5.26 Å². The van der Waals surface area contributed by atoms with Crippen LogP contribution in [-0.2, 0) is 16.4 Å². The van der Waals surface area contributed by atoms with Crippen LogP contribution in [0.1, 0.15) is 45.9 Å². The van der Waals surface area contributed by atoms with E-state index in [0.717, 1.165) is 24.0 Å². The van der Waals surface area contributed by atoms with Gasteiger partial charge in [0.1, 0.15) is 16.0 Å². The lowest BCUT2D eigenvalue weighted by atomic mass is 9.88. The van der Waals surface area contributed by atoms with Gasteiger partial charge in [0.05, 0.1) is 10.6 Å². The Kier molecular flexibility index (Phi) is 6.12. The van der Waals surface area contributed by atoms with Crippen LogP contribution in [0.3, 0.4) is 0 Å². The van der Waals surface area contributed by atoms with Gasteiger partial charge in [-0.15, -0.1) is 11.3 Å². The zero-order valence-corrected chi connectivity index (χ0v) is 18.7. The Bertz CT molecular complexity index is 1300. The van der Waals surface area contributed by atoms with Crippen LogP contribution in [0.4, 0.5) is 5.00 Å². The van der Waals surface area contributed by atoms with Gasteiger partial charge in [-0.2, -0.15) is 5.26 Å². The molecule has 9 heteroatoms. The Hall–Kier alpha value is -2.70. The molecule has 0 aliphatic heterocycles. The number of nitriles is 1. The number of thiophene rings is 1. The number of fused-ring (bicyclic) bond motifs is 1. The van der Waals surface area contributed by atoms with Gasteiger partial charge in [0, 0.05) is 11.6 Å². The van der Waals surface area contributed by atoms with Crippen LogP contribution in [0.2, 0.25) is 5.02 Å². The fourth-order valence-corrected chi connectivity index (χ4v) is 6.16. The lowest BCUT2D eigenvalue weighted by molar-refractivity contribution is 0.102. The smallest absolute Gasteiger partial charge is 0.256 e. The number of hydrogen-bond acceptors (Lipinski definition) is 5. The first kappa shape index (κ1) is 21.5. The Balaban J connectivity index is 1.61. The minimum absolute atomic E-state index is 0.0296. The maximum absolute atomic E-state index is 13.2. The zero-order chi connectivity index (χ0) is 22.0. The highest BCUT2D eigenvalue weighted by Gasteiger charge is 2.27. The van der Waals surface area contributed by atoms with Crippen molar-refractivity contribution in [2.45, 2.75) is 30.2 Å². The van der Waals surface area contributed by atoms with Crippen LogP contribution < -0.4 is 10.0 Å². The molecule has 1 aliphatic rings. The van der Waals surface area contributed by atoms with Crippen LogP contribution in [-0.4, -0.2) is 14.3 Å². The van der Waals surface area contributed by atoms with E-state index >= 15 is 0 Å². The fourth-order valence-electron chi connectivity index (χ4n) is 3.65. The van der Waals surface area contributed by atoms with Crippen molar-refractivity contribution >= 4 is 43.9 Å². The molecule has 0 fully saturated rings. The molecule has 2 N–H and O–H groups in total. The molecule has 0 saturated carbocycles. The standard InChI is InChI=1S/C22H18ClN3O3S2/c23-18-9-8-15(21(27)25-22-16(13-24)10-11-30-22)12-20(18)31(28,29)26-19-7-3-5-14-4-1-2-6-17(14)19/h1-2,4,6,8-12,19,26H,3,5,7H2,(H,25,27). The van der Waals surface area contributed by atoms with Gasteiger partial charge in [-0.3, -0.25) is 4.79 Å². The molecule has 0 radical (unpaired) electrons. The number of nitrogens with one attached hydrogen (secondary N) is 2. The SMILES string of the molecule is N#Cc1ccsc1NC(=O)c1ccc(Cl)c(S(=O)(=O)NC2CCCc3ccccc32)c1. The van der Waals surface area contributed by atoms with E-state index in [1.165, 1.54) is 29.5 Å². The summed E-state index contributed by atoms with van der Waals surface area (Å²) in [5.41, 5.74) is 2.57. The number of aryl methyl sites for hydroxylation is 1. The summed E-state index contributed by atoms with van der Waals surface area (Å²) in [7, 11) is -3.98. The van der Waals surface area contributed by atoms with Crippen molar-refractivity contribution < 1.29 is 13.2 Å². The quantitative estimate of drug-likeness (QED) is 0.553. The Morgan fingerprint density at radius 3 is 2.81 bits per heavy atom. The first-order valence-corrected chi connectivity index (χ1v) is 12.3. The van der Waals surface area contributed by atoms with Crippen molar-refractivity contribution in [3.63, 3.8) is 0 Å². The topological polar surface area (TPSA) is 99.1 Å². The predicted molar refractivity (Wildman–Crippen MR) is 121 cm³/mol. The molecule has 1 unspecified atom stereocenters. The first-order valence-electron chi connectivity index (χ1n) is 9.57. The molecule has 4 rings (SSSR count). The lowest BCUT2D eigenvalue weighted by Gasteiger charge is -2.26. The molecule has 0 spiro atoms. The van der Waals surface area contributed by atoms with Crippen molar-refractivity contribution in [2.75, 3.05) is 5.32 Å². The fraction of sp³-hybridized carbons (Fsp3) is 0.182. The van der Waals surface area contributed by atoms with Gasteiger partial charge >= 0.3 is 0 Å². The van der Waals surface area contributed by atoms with Crippen molar-refractivity contribution in [1.82, 2.24) is 4.72 Å². The summed E-state index contributed by atoms with van der Waals surface area (Å²) in [6.45, 7) is 0. The third-order valence-corrected chi connectivity index (χ3v) is 7.95. The minimum Gasteiger partial charge on any atom is -0.312 e. The second kappa shape index (κ2) is 8.81. The maximum Gasteiger partial charge on any atom is 0.256 e. The molecule has 1 amide bonds. The molecule has 1 atom stereocenters. The predicted octanol–water partition coefficient (Wildman–Crippen LogP) is 4.88. The highest BCUT2D eigenvalue weighted by molar-refractivity contribution is 7.89. The molecular weight excluding hydrogens is 454 g/mol. The largest absolute Gasteiger partial charge is 0.312 e. The average Bonchev–Trinajstić information content (AvgIpc) is 3.21. The monoisotopic (exact) mass is 471 g/mol.